The maximum atomic E-state index is 4.32. The fraction of sp³-hybridized carbons (Fsp3) is 0.615. The summed E-state index contributed by atoms with van der Waals surface area (Å²) in [6.07, 6.45) is 3.00. The van der Waals surface area contributed by atoms with Crippen molar-refractivity contribution in [1.29, 1.82) is 0 Å². The standard InChI is InChI=1S/C13H22BrN3/c1-4-17(5-2)8-6-7-15-13-9-11(3)12(14)10-16-13/h9-10H,4-8H2,1-3H3,(H,15,16). The van der Waals surface area contributed by atoms with E-state index in [1.165, 1.54) is 5.56 Å². The van der Waals surface area contributed by atoms with Crippen LogP contribution >= 0.6 is 15.9 Å². The van der Waals surface area contributed by atoms with Gasteiger partial charge in [-0.1, -0.05) is 13.8 Å². The van der Waals surface area contributed by atoms with Gasteiger partial charge in [-0.25, -0.2) is 4.98 Å². The summed E-state index contributed by atoms with van der Waals surface area (Å²) in [4.78, 5) is 6.76. The van der Waals surface area contributed by atoms with Crippen molar-refractivity contribution < 1.29 is 0 Å². The van der Waals surface area contributed by atoms with Gasteiger partial charge in [-0.05, 0) is 60.5 Å². The van der Waals surface area contributed by atoms with Crippen LogP contribution in [0.4, 0.5) is 5.82 Å². The first-order chi connectivity index (χ1) is 8.17. The highest BCUT2D eigenvalue weighted by Gasteiger charge is 2.00. The minimum atomic E-state index is 0.963. The first-order valence-electron chi connectivity index (χ1n) is 6.25. The van der Waals surface area contributed by atoms with Crippen molar-refractivity contribution in [3.05, 3.63) is 22.3 Å². The topological polar surface area (TPSA) is 28.2 Å². The van der Waals surface area contributed by atoms with Crippen molar-refractivity contribution >= 4 is 21.7 Å². The van der Waals surface area contributed by atoms with Crippen molar-refractivity contribution in [3.8, 4) is 0 Å². The molecule has 1 N–H and O–H groups in total. The number of aromatic nitrogens is 1. The van der Waals surface area contributed by atoms with Gasteiger partial charge < -0.3 is 10.2 Å². The molecule has 0 unspecified atom stereocenters. The fourth-order valence-electron chi connectivity index (χ4n) is 1.69. The van der Waals surface area contributed by atoms with E-state index >= 15 is 0 Å². The van der Waals surface area contributed by atoms with E-state index in [9.17, 15) is 0 Å². The zero-order chi connectivity index (χ0) is 12.7. The molecule has 1 heterocycles. The van der Waals surface area contributed by atoms with Gasteiger partial charge in [0.1, 0.15) is 5.82 Å². The summed E-state index contributed by atoms with van der Waals surface area (Å²) in [7, 11) is 0. The highest BCUT2D eigenvalue weighted by Crippen LogP contribution is 2.16. The molecule has 0 aromatic carbocycles. The second kappa shape index (κ2) is 7.67. The minimum Gasteiger partial charge on any atom is -0.370 e. The smallest absolute Gasteiger partial charge is 0.126 e. The highest BCUT2D eigenvalue weighted by atomic mass is 79.9. The number of anilines is 1. The minimum absolute atomic E-state index is 0.963. The molecule has 0 amide bonds. The van der Waals surface area contributed by atoms with Gasteiger partial charge in [0.25, 0.3) is 0 Å². The Balaban J connectivity index is 2.28. The molecule has 96 valence electrons. The van der Waals surface area contributed by atoms with Crippen LogP contribution in [-0.4, -0.2) is 36.1 Å². The highest BCUT2D eigenvalue weighted by molar-refractivity contribution is 9.10. The molecule has 4 heteroatoms. The number of rotatable bonds is 7. The van der Waals surface area contributed by atoms with Crippen LogP contribution in [0.5, 0.6) is 0 Å². The first-order valence-corrected chi connectivity index (χ1v) is 7.05. The van der Waals surface area contributed by atoms with Crippen LogP contribution < -0.4 is 5.32 Å². The Bertz CT molecular complexity index is 337. The summed E-state index contributed by atoms with van der Waals surface area (Å²) >= 11 is 3.45. The lowest BCUT2D eigenvalue weighted by molar-refractivity contribution is 0.303. The van der Waals surface area contributed by atoms with Gasteiger partial charge in [-0.15, -0.1) is 0 Å². The van der Waals surface area contributed by atoms with Crippen molar-refractivity contribution in [2.45, 2.75) is 27.2 Å². The molecule has 0 fully saturated rings. The molecular weight excluding hydrogens is 278 g/mol. The van der Waals surface area contributed by atoms with E-state index in [2.05, 4.69) is 58.0 Å². The molecule has 0 aliphatic carbocycles. The quantitative estimate of drug-likeness (QED) is 0.783. The van der Waals surface area contributed by atoms with E-state index < -0.39 is 0 Å². The summed E-state index contributed by atoms with van der Waals surface area (Å²) in [5.41, 5.74) is 1.21. The lowest BCUT2D eigenvalue weighted by Gasteiger charge is -2.17. The first kappa shape index (κ1) is 14.5. The molecule has 0 atom stereocenters. The third-order valence-corrected chi connectivity index (χ3v) is 3.73. The molecule has 1 aromatic heterocycles. The Kier molecular flexibility index (Phi) is 6.52. The van der Waals surface area contributed by atoms with Gasteiger partial charge >= 0.3 is 0 Å². The van der Waals surface area contributed by atoms with Crippen molar-refractivity contribution in [1.82, 2.24) is 9.88 Å². The second-order valence-corrected chi connectivity index (χ2v) is 4.98. The molecule has 17 heavy (non-hydrogen) atoms. The number of aryl methyl sites for hydroxylation is 1. The summed E-state index contributed by atoms with van der Waals surface area (Å²) < 4.78 is 1.06. The van der Waals surface area contributed by atoms with E-state index in [0.29, 0.717) is 0 Å². The molecule has 0 saturated carbocycles. The SMILES string of the molecule is CCN(CC)CCCNc1cc(C)c(Br)cn1. The van der Waals surface area contributed by atoms with Crippen LogP contribution in [0.25, 0.3) is 0 Å². The van der Waals surface area contributed by atoms with Crippen molar-refractivity contribution in [2.24, 2.45) is 0 Å². The Morgan fingerprint density at radius 3 is 2.65 bits per heavy atom. The van der Waals surface area contributed by atoms with Crippen molar-refractivity contribution in [3.63, 3.8) is 0 Å². The lowest BCUT2D eigenvalue weighted by Crippen LogP contribution is -2.25. The van der Waals surface area contributed by atoms with Gasteiger partial charge in [0.2, 0.25) is 0 Å². The van der Waals surface area contributed by atoms with Crippen LogP contribution in [0.1, 0.15) is 25.8 Å². The zero-order valence-corrected chi connectivity index (χ0v) is 12.5. The average Bonchev–Trinajstić information content (AvgIpc) is 2.34. The zero-order valence-electron chi connectivity index (χ0n) is 11.0. The van der Waals surface area contributed by atoms with E-state index in [1.807, 2.05) is 6.20 Å². The fourth-order valence-corrected chi connectivity index (χ4v) is 1.91. The average molecular weight is 300 g/mol. The number of nitrogens with zero attached hydrogens (tertiary/aromatic N) is 2. The van der Waals surface area contributed by atoms with Crippen molar-refractivity contribution in [2.75, 3.05) is 31.5 Å². The maximum Gasteiger partial charge on any atom is 0.126 e. The third-order valence-electron chi connectivity index (χ3n) is 2.90. The molecular formula is C13H22BrN3. The third kappa shape index (κ3) is 5.04. The molecule has 0 spiro atoms. The molecule has 0 saturated heterocycles. The predicted molar refractivity (Wildman–Crippen MR) is 77.6 cm³/mol. The predicted octanol–water partition coefficient (Wildman–Crippen LogP) is 3.30. The Morgan fingerprint density at radius 2 is 2.06 bits per heavy atom. The molecule has 1 rings (SSSR count). The molecule has 0 bridgehead atoms. The van der Waals surface area contributed by atoms with Crippen LogP contribution in [0.3, 0.4) is 0 Å². The molecule has 3 nitrogen and oxygen atoms in total. The number of hydrogen-bond donors (Lipinski definition) is 1. The van der Waals surface area contributed by atoms with Gasteiger partial charge in [0, 0.05) is 17.2 Å². The molecule has 0 aliphatic rings. The van der Waals surface area contributed by atoms with Gasteiger partial charge in [-0.2, -0.15) is 0 Å². The summed E-state index contributed by atoms with van der Waals surface area (Å²) in [5, 5.41) is 3.36. The summed E-state index contributed by atoms with van der Waals surface area (Å²) in [6.45, 7) is 10.9. The normalized spacial score (nSPS) is 10.9. The van der Waals surface area contributed by atoms with Crippen LogP contribution in [0.15, 0.2) is 16.7 Å². The Hall–Kier alpha value is -0.610. The van der Waals surface area contributed by atoms with E-state index in [1.54, 1.807) is 0 Å². The van der Waals surface area contributed by atoms with Crippen LogP contribution in [-0.2, 0) is 0 Å². The van der Waals surface area contributed by atoms with E-state index in [0.717, 1.165) is 42.9 Å². The number of pyridine rings is 1. The Labute approximate surface area is 113 Å². The second-order valence-electron chi connectivity index (χ2n) is 4.13. The molecule has 0 aliphatic heterocycles. The number of halogens is 1. The molecule has 1 aromatic rings. The summed E-state index contributed by atoms with van der Waals surface area (Å²) in [6, 6.07) is 2.07. The summed E-state index contributed by atoms with van der Waals surface area (Å²) in [5.74, 6) is 0.963. The van der Waals surface area contributed by atoms with Gasteiger partial charge in [0.15, 0.2) is 0 Å². The van der Waals surface area contributed by atoms with Gasteiger partial charge in [-0.3, -0.25) is 0 Å². The Morgan fingerprint density at radius 1 is 1.35 bits per heavy atom. The number of hydrogen-bond acceptors (Lipinski definition) is 3. The van der Waals surface area contributed by atoms with E-state index in [-0.39, 0.29) is 0 Å². The number of nitrogens with one attached hydrogen (secondary N) is 1. The monoisotopic (exact) mass is 299 g/mol. The maximum absolute atomic E-state index is 4.32. The van der Waals surface area contributed by atoms with Crippen LogP contribution in [0.2, 0.25) is 0 Å². The molecule has 0 radical (unpaired) electrons. The van der Waals surface area contributed by atoms with Gasteiger partial charge in [0.05, 0.1) is 0 Å². The lowest BCUT2D eigenvalue weighted by atomic mass is 10.3. The van der Waals surface area contributed by atoms with E-state index in [4.69, 9.17) is 0 Å². The van der Waals surface area contributed by atoms with Crippen LogP contribution in [0, 0.1) is 6.92 Å². The largest absolute Gasteiger partial charge is 0.370 e.